The van der Waals surface area contributed by atoms with Gasteiger partial charge in [-0.15, -0.1) is 11.3 Å². The molecular weight excluding hydrogens is 427 g/mol. The standard InChI is InChI=1S/C22H20ClFN2O3S/c23-19-10-16(29-12-14-3-1-4-15(24)9-14)6-7-18(19)22-26-20(13-30-22)21(27)25-11-17-5-2-8-28-17/h1,3-4,6-7,9-10,13,17H,2,5,8,11-12H2,(H,25,27). The molecule has 1 aliphatic rings. The van der Waals surface area contributed by atoms with Crippen molar-refractivity contribution >= 4 is 28.8 Å². The number of amides is 1. The van der Waals surface area contributed by atoms with Gasteiger partial charge in [-0.1, -0.05) is 23.7 Å². The summed E-state index contributed by atoms with van der Waals surface area (Å²) in [7, 11) is 0. The highest BCUT2D eigenvalue weighted by molar-refractivity contribution is 7.13. The van der Waals surface area contributed by atoms with Gasteiger partial charge in [-0.05, 0) is 48.7 Å². The van der Waals surface area contributed by atoms with Crippen molar-refractivity contribution in [2.45, 2.75) is 25.6 Å². The summed E-state index contributed by atoms with van der Waals surface area (Å²) in [5, 5.41) is 5.70. The molecule has 0 bridgehead atoms. The predicted molar refractivity (Wildman–Crippen MR) is 115 cm³/mol. The zero-order chi connectivity index (χ0) is 20.9. The fourth-order valence-corrected chi connectivity index (χ4v) is 4.31. The Balaban J connectivity index is 1.38. The van der Waals surface area contributed by atoms with Crippen molar-refractivity contribution in [2.75, 3.05) is 13.2 Å². The third-order valence-electron chi connectivity index (χ3n) is 4.72. The van der Waals surface area contributed by atoms with E-state index < -0.39 is 0 Å². The van der Waals surface area contributed by atoms with Crippen molar-refractivity contribution in [3.63, 3.8) is 0 Å². The third kappa shape index (κ3) is 5.16. The van der Waals surface area contributed by atoms with E-state index in [0.29, 0.717) is 28.0 Å². The van der Waals surface area contributed by atoms with E-state index in [9.17, 15) is 9.18 Å². The Hall–Kier alpha value is -2.48. The van der Waals surface area contributed by atoms with Crippen LogP contribution in [-0.2, 0) is 11.3 Å². The molecule has 1 saturated heterocycles. The largest absolute Gasteiger partial charge is 0.489 e. The van der Waals surface area contributed by atoms with E-state index in [0.717, 1.165) is 30.6 Å². The fourth-order valence-electron chi connectivity index (χ4n) is 3.16. The average Bonchev–Trinajstić information content (AvgIpc) is 3.43. The lowest BCUT2D eigenvalue weighted by Gasteiger charge is -2.09. The maximum Gasteiger partial charge on any atom is 0.270 e. The number of benzene rings is 2. The summed E-state index contributed by atoms with van der Waals surface area (Å²) in [5.74, 6) is 0.0436. The monoisotopic (exact) mass is 446 g/mol. The van der Waals surface area contributed by atoms with Crippen molar-refractivity contribution in [2.24, 2.45) is 0 Å². The molecular formula is C22H20ClFN2O3S. The lowest BCUT2D eigenvalue weighted by atomic mass is 10.2. The Morgan fingerprint density at radius 3 is 3.00 bits per heavy atom. The van der Waals surface area contributed by atoms with Crippen molar-refractivity contribution < 1.29 is 18.7 Å². The highest BCUT2D eigenvalue weighted by Gasteiger charge is 2.18. The molecule has 1 amide bonds. The van der Waals surface area contributed by atoms with Crippen molar-refractivity contribution in [1.29, 1.82) is 0 Å². The molecule has 1 fully saturated rings. The van der Waals surface area contributed by atoms with Crippen LogP contribution in [0.2, 0.25) is 5.02 Å². The summed E-state index contributed by atoms with van der Waals surface area (Å²) in [5.41, 5.74) is 1.81. The molecule has 1 aromatic heterocycles. The van der Waals surface area contributed by atoms with Crippen LogP contribution in [0.1, 0.15) is 28.9 Å². The molecule has 2 heterocycles. The van der Waals surface area contributed by atoms with Gasteiger partial charge in [-0.2, -0.15) is 0 Å². The van der Waals surface area contributed by atoms with Crippen LogP contribution in [0.15, 0.2) is 47.8 Å². The molecule has 2 aromatic carbocycles. The molecule has 1 atom stereocenters. The number of thiazole rings is 1. The minimum absolute atomic E-state index is 0.0847. The molecule has 30 heavy (non-hydrogen) atoms. The van der Waals surface area contributed by atoms with Crippen LogP contribution in [0.5, 0.6) is 5.75 Å². The minimum Gasteiger partial charge on any atom is -0.489 e. The number of aromatic nitrogens is 1. The van der Waals surface area contributed by atoms with Crippen molar-refractivity contribution in [3.8, 4) is 16.3 Å². The normalized spacial score (nSPS) is 15.9. The van der Waals surface area contributed by atoms with Gasteiger partial charge in [0.2, 0.25) is 0 Å². The third-order valence-corrected chi connectivity index (χ3v) is 5.90. The van der Waals surface area contributed by atoms with Gasteiger partial charge in [0.15, 0.2) is 0 Å². The van der Waals surface area contributed by atoms with E-state index >= 15 is 0 Å². The fraction of sp³-hybridized carbons (Fsp3) is 0.273. The Labute approximate surface area is 182 Å². The number of carbonyl (C=O) groups excluding carboxylic acids is 1. The Bertz CT molecular complexity index is 1040. The van der Waals surface area contributed by atoms with E-state index in [4.69, 9.17) is 21.1 Å². The second-order valence-corrected chi connectivity index (χ2v) is 8.21. The number of hydrogen-bond donors (Lipinski definition) is 1. The first-order valence-electron chi connectivity index (χ1n) is 9.61. The molecule has 0 aliphatic carbocycles. The van der Waals surface area contributed by atoms with Crippen LogP contribution in [0, 0.1) is 5.82 Å². The number of carbonyl (C=O) groups is 1. The van der Waals surface area contributed by atoms with Gasteiger partial charge in [-0.25, -0.2) is 9.37 Å². The van der Waals surface area contributed by atoms with E-state index in [2.05, 4.69) is 10.3 Å². The van der Waals surface area contributed by atoms with Crippen LogP contribution >= 0.6 is 22.9 Å². The molecule has 1 aliphatic heterocycles. The first-order chi connectivity index (χ1) is 14.6. The molecule has 0 spiro atoms. The molecule has 0 radical (unpaired) electrons. The van der Waals surface area contributed by atoms with Gasteiger partial charge in [0.25, 0.3) is 5.91 Å². The molecule has 8 heteroatoms. The average molecular weight is 447 g/mol. The van der Waals surface area contributed by atoms with Gasteiger partial charge in [0.05, 0.1) is 11.1 Å². The Kier molecular flexibility index (Phi) is 6.62. The SMILES string of the molecule is O=C(NCC1CCCO1)c1csc(-c2ccc(OCc3cccc(F)c3)cc2Cl)n1. The number of halogens is 2. The summed E-state index contributed by atoms with van der Waals surface area (Å²) in [6.07, 6.45) is 2.08. The summed E-state index contributed by atoms with van der Waals surface area (Å²) >= 11 is 7.77. The highest BCUT2D eigenvalue weighted by Crippen LogP contribution is 2.33. The molecule has 5 nitrogen and oxygen atoms in total. The van der Waals surface area contributed by atoms with Crippen LogP contribution < -0.4 is 10.1 Å². The van der Waals surface area contributed by atoms with Crippen LogP contribution in [0.3, 0.4) is 0 Å². The maximum absolute atomic E-state index is 13.3. The van der Waals surface area contributed by atoms with Gasteiger partial charge < -0.3 is 14.8 Å². The highest BCUT2D eigenvalue weighted by atomic mass is 35.5. The first kappa shape index (κ1) is 20.8. The maximum atomic E-state index is 13.3. The van der Waals surface area contributed by atoms with Crippen LogP contribution in [0.25, 0.3) is 10.6 Å². The lowest BCUT2D eigenvalue weighted by Crippen LogP contribution is -2.31. The quantitative estimate of drug-likeness (QED) is 0.549. The number of nitrogens with one attached hydrogen (secondary N) is 1. The molecule has 3 aromatic rings. The van der Waals surface area contributed by atoms with E-state index in [1.807, 2.05) is 0 Å². The first-order valence-corrected chi connectivity index (χ1v) is 10.9. The topological polar surface area (TPSA) is 60.5 Å². The van der Waals surface area contributed by atoms with Gasteiger partial charge in [0.1, 0.15) is 28.9 Å². The van der Waals surface area contributed by atoms with Crippen molar-refractivity contribution in [3.05, 3.63) is 69.9 Å². The summed E-state index contributed by atoms with van der Waals surface area (Å²) in [6.45, 7) is 1.48. The van der Waals surface area contributed by atoms with Gasteiger partial charge in [-0.3, -0.25) is 4.79 Å². The van der Waals surface area contributed by atoms with Gasteiger partial charge >= 0.3 is 0 Å². The Morgan fingerprint density at radius 1 is 1.33 bits per heavy atom. The second-order valence-electron chi connectivity index (χ2n) is 6.94. The van der Waals surface area contributed by atoms with Gasteiger partial charge in [0, 0.05) is 24.1 Å². The smallest absolute Gasteiger partial charge is 0.270 e. The lowest BCUT2D eigenvalue weighted by molar-refractivity contribution is 0.0854. The number of rotatable bonds is 7. The van der Waals surface area contributed by atoms with E-state index in [1.165, 1.54) is 23.5 Å². The summed E-state index contributed by atoms with van der Waals surface area (Å²) in [4.78, 5) is 16.7. The molecule has 0 saturated carbocycles. The zero-order valence-corrected chi connectivity index (χ0v) is 17.6. The predicted octanol–water partition coefficient (Wildman–Crippen LogP) is 5.09. The van der Waals surface area contributed by atoms with Crippen molar-refractivity contribution in [1.82, 2.24) is 10.3 Å². The van der Waals surface area contributed by atoms with E-state index in [-0.39, 0.29) is 24.4 Å². The molecule has 156 valence electrons. The van der Waals surface area contributed by atoms with E-state index in [1.54, 1.807) is 35.7 Å². The summed E-state index contributed by atoms with van der Waals surface area (Å²) in [6, 6.07) is 11.5. The summed E-state index contributed by atoms with van der Waals surface area (Å²) < 4.78 is 24.5. The molecule has 1 unspecified atom stereocenters. The minimum atomic E-state index is -0.302. The molecule has 1 N–H and O–H groups in total. The number of ether oxygens (including phenoxy) is 2. The number of nitrogens with zero attached hydrogens (tertiary/aromatic N) is 1. The second kappa shape index (κ2) is 9.55. The zero-order valence-electron chi connectivity index (χ0n) is 16.1. The molecule has 4 rings (SSSR count). The Morgan fingerprint density at radius 2 is 2.23 bits per heavy atom. The van der Waals surface area contributed by atoms with Crippen LogP contribution in [0.4, 0.5) is 4.39 Å². The number of hydrogen-bond acceptors (Lipinski definition) is 5. The van der Waals surface area contributed by atoms with Crippen LogP contribution in [-0.4, -0.2) is 30.1 Å².